The van der Waals surface area contributed by atoms with Crippen LogP contribution >= 0.6 is 0 Å². The van der Waals surface area contributed by atoms with Gasteiger partial charge in [0.1, 0.15) is 22.5 Å². The van der Waals surface area contributed by atoms with E-state index in [2.05, 4.69) is 5.32 Å². The van der Waals surface area contributed by atoms with Gasteiger partial charge in [0.2, 0.25) is 11.8 Å². The molecule has 1 aromatic carbocycles. The van der Waals surface area contributed by atoms with Crippen molar-refractivity contribution in [1.82, 2.24) is 15.1 Å². The smallest absolute Gasteiger partial charge is 0.408 e. The van der Waals surface area contributed by atoms with E-state index < -0.39 is 22.0 Å². The second-order valence-corrected chi connectivity index (χ2v) is 11.1. The number of piperazine rings is 1. The Bertz CT molecular complexity index is 923. The van der Waals surface area contributed by atoms with Crippen molar-refractivity contribution in [2.45, 2.75) is 44.8 Å². The lowest BCUT2D eigenvalue weighted by molar-refractivity contribution is -0.142. The number of rotatable bonds is 8. The van der Waals surface area contributed by atoms with Crippen molar-refractivity contribution in [3.05, 3.63) is 35.9 Å². The molecular weight excluding hydrogens is 446 g/mol. The van der Waals surface area contributed by atoms with Crippen LogP contribution in [-0.4, -0.2) is 80.4 Å². The molecule has 1 unspecified atom stereocenters. The van der Waals surface area contributed by atoms with Gasteiger partial charge < -0.3 is 19.9 Å². The molecule has 0 aromatic heterocycles. The number of nitrogens with zero attached hydrogens (tertiary/aromatic N) is 2. The van der Waals surface area contributed by atoms with Gasteiger partial charge in [0, 0.05) is 38.4 Å². The molecule has 1 atom stereocenters. The van der Waals surface area contributed by atoms with Crippen molar-refractivity contribution in [1.29, 1.82) is 0 Å². The number of nitrogens with one attached hydrogen (secondary N) is 1. The zero-order valence-electron chi connectivity index (χ0n) is 19.1. The highest BCUT2D eigenvalue weighted by atomic mass is 32.2. The number of sulfone groups is 1. The molecule has 0 radical (unpaired) electrons. The molecule has 1 heterocycles. The maximum absolute atomic E-state index is 13.1. The molecule has 1 N–H and O–H groups in total. The summed E-state index contributed by atoms with van der Waals surface area (Å²) in [6.07, 6.45) is 4.31. The summed E-state index contributed by atoms with van der Waals surface area (Å²) in [5, 5.41) is 2.54. The van der Waals surface area contributed by atoms with Crippen LogP contribution in [0.2, 0.25) is 0 Å². The standard InChI is InChI=1S/C23H33N3O6S/c1-33(30,31)16-11-20(24-23(29)32-17-18-7-3-2-4-8-18)22(28)26-14-12-25(13-15-26)21(27)19-9-5-6-10-19/h2-4,7-8,19-20H,5-6,9-17H2,1H3,(H,24,29). The predicted molar refractivity (Wildman–Crippen MR) is 123 cm³/mol. The van der Waals surface area contributed by atoms with Crippen molar-refractivity contribution in [3.63, 3.8) is 0 Å². The highest BCUT2D eigenvalue weighted by molar-refractivity contribution is 7.90. The fraction of sp³-hybridized carbons (Fsp3) is 0.609. The maximum atomic E-state index is 13.1. The molecular formula is C23H33N3O6S. The SMILES string of the molecule is CS(=O)(=O)CCC(NC(=O)OCc1ccccc1)C(=O)N1CCN(C(=O)C2CCCC2)CC1. The first-order valence-corrected chi connectivity index (χ1v) is 13.5. The summed E-state index contributed by atoms with van der Waals surface area (Å²) in [6.45, 7) is 1.64. The van der Waals surface area contributed by atoms with E-state index in [9.17, 15) is 22.8 Å². The van der Waals surface area contributed by atoms with Crippen LogP contribution < -0.4 is 5.32 Å². The Morgan fingerprint density at radius 3 is 2.24 bits per heavy atom. The molecule has 3 rings (SSSR count). The third kappa shape index (κ3) is 7.73. The van der Waals surface area contributed by atoms with Crippen LogP contribution in [0, 0.1) is 5.92 Å². The van der Waals surface area contributed by atoms with Gasteiger partial charge in [-0.1, -0.05) is 43.2 Å². The number of ether oxygens (including phenoxy) is 1. The van der Waals surface area contributed by atoms with Crippen molar-refractivity contribution >= 4 is 27.7 Å². The van der Waals surface area contributed by atoms with Crippen LogP contribution in [0.25, 0.3) is 0 Å². The van der Waals surface area contributed by atoms with Gasteiger partial charge in [0.25, 0.3) is 0 Å². The second-order valence-electron chi connectivity index (χ2n) is 8.81. The summed E-state index contributed by atoms with van der Waals surface area (Å²) in [6, 6.07) is 8.11. The Morgan fingerprint density at radius 2 is 1.64 bits per heavy atom. The molecule has 2 fully saturated rings. The highest BCUT2D eigenvalue weighted by Crippen LogP contribution is 2.27. The van der Waals surface area contributed by atoms with Gasteiger partial charge in [-0.25, -0.2) is 13.2 Å². The van der Waals surface area contributed by atoms with Gasteiger partial charge in [-0.05, 0) is 24.8 Å². The first-order valence-electron chi connectivity index (χ1n) is 11.5. The van der Waals surface area contributed by atoms with Gasteiger partial charge in [-0.3, -0.25) is 9.59 Å². The average Bonchev–Trinajstić information content (AvgIpc) is 3.35. The van der Waals surface area contributed by atoms with E-state index in [-0.39, 0.29) is 36.5 Å². The minimum atomic E-state index is -3.32. The number of alkyl carbamates (subject to hydrolysis) is 1. The third-order valence-corrected chi connectivity index (χ3v) is 7.16. The lowest BCUT2D eigenvalue weighted by Crippen LogP contribution is -2.56. The number of hydrogen-bond acceptors (Lipinski definition) is 6. The van der Waals surface area contributed by atoms with E-state index in [1.54, 1.807) is 4.90 Å². The predicted octanol–water partition coefficient (Wildman–Crippen LogP) is 1.58. The van der Waals surface area contributed by atoms with Crippen molar-refractivity contribution in [3.8, 4) is 0 Å². The Morgan fingerprint density at radius 1 is 1.03 bits per heavy atom. The maximum Gasteiger partial charge on any atom is 0.408 e. The lowest BCUT2D eigenvalue weighted by Gasteiger charge is -2.37. The normalized spacial score (nSPS) is 18.1. The number of hydrogen-bond donors (Lipinski definition) is 1. The van der Waals surface area contributed by atoms with Crippen LogP contribution in [0.4, 0.5) is 4.79 Å². The molecule has 0 bridgehead atoms. The van der Waals surface area contributed by atoms with Gasteiger partial charge in [-0.2, -0.15) is 0 Å². The molecule has 0 spiro atoms. The van der Waals surface area contributed by atoms with Crippen LogP contribution in [-0.2, 0) is 30.8 Å². The molecule has 2 aliphatic rings. The molecule has 1 saturated heterocycles. The quantitative estimate of drug-likeness (QED) is 0.606. The summed E-state index contributed by atoms with van der Waals surface area (Å²) < 4.78 is 28.5. The summed E-state index contributed by atoms with van der Waals surface area (Å²) in [4.78, 5) is 41.5. The minimum absolute atomic E-state index is 0.0423. The molecule has 10 heteroatoms. The Hall–Kier alpha value is -2.62. The van der Waals surface area contributed by atoms with E-state index >= 15 is 0 Å². The van der Waals surface area contributed by atoms with Gasteiger partial charge in [-0.15, -0.1) is 0 Å². The minimum Gasteiger partial charge on any atom is -0.445 e. The van der Waals surface area contributed by atoms with E-state index in [1.165, 1.54) is 0 Å². The van der Waals surface area contributed by atoms with E-state index in [0.717, 1.165) is 37.5 Å². The van der Waals surface area contributed by atoms with Crippen LogP contribution in [0.1, 0.15) is 37.7 Å². The van der Waals surface area contributed by atoms with E-state index in [0.29, 0.717) is 26.2 Å². The molecule has 9 nitrogen and oxygen atoms in total. The molecule has 1 aliphatic heterocycles. The molecule has 182 valence electrons. The lowest BCUT2D eigenvalue weighted by atomic mass is 10.1. The van der Waals surface area contributed by atoms with Crippen molar-refractivity contribution in [2.24, 2.45) is 5.92 Å². The number of carbonyl (C=O) groups is 3. The van der Waals surface area contributed by atoms with Gasteiger partial charge in [0.05, 0.1) is 5.75 Å². The van der Waals surface area contributed by atoms with Crippen LogP contribution in [0.5, 0.6) is 0 Å². The van der Waals surface area contributed by atoms with Gasteiger partial charge >= 0.3 is 6.09 Å². The molecule has 1 aliphatic carbocycles. The van der Waals surface area contributed by atoms with Crippen molar-refractivity contribution in [2.75, 3.05) is 38.2 Å². The van der Waals surface area contributed by atoms with E-state index in [4.69, 9.17) is 4.74 Å². The highest BCUT2D eigenvalue weighted by Gasteiger charge is 2.33. The summed E-state index contributed by atoms with van der Waals surface area (Å²) >= 11 is 0. The summed E-state index contributed by atoms with van der Waals surface area (Å²) in [5.41, 5.74) is 0.801. The first kappa shape index (κ1) is 25.0. The fourth-order valence-electron chi connectivity index (χ4n) is 4.29. The number of amides is 3. The molecule has 33 heavy (non-hydrogen) atoms. The van der Waals surface area contributed by atoms with Crippen LogP contribution in [0.15, 0.2) is 30.3 Å². The second kappa shape index (κ2) is 11.5. The summed E-state index contributed by atoms with van der Waals surface area (Å²) in [7, 11) is -3.32. The first-order chi connectivity index (χ1) is 15.7. The Labute approximate surface area is 195 Å². The zero-order chi connectivity index (χ0) is 23.8. The largest absolute Gasteiger partial charge is 0.445 e. The summed E-state index contributed by atoms with van der Waals surface area (Å²) in [5.74, 6) is -0.336. The van der Waals surface area contributed by atoms with Crippen molar-refractivity contribution < 1.29 is 27.5 Å². The molecule has 1 aromatic rings. The Kier molecular flexibility index (Phi) is 8.71. The van der Waals surface area contributed by atoms with E-state index in [1.807, 2.05) is 35.2 Å². The fourth-order valence-corrected chi connectivity index (χ4v) is 4.96. The molecule has 1 saturated carbocycles. The molecule has 3 amide bonds. The average molecular weight is 480 g/mol. The monoisotopic (exact) mass is 479 g/mol. The number of benzene rings is 1. The number of carbonyl (C=O) groups excluding carboxylic acids is 3. The third-order valence-electron chi connectivity index (χ3n) is 6.19. The van der Waals surface area contributed by atoms with Crippen LogP contribution in [0.3, 0.4) is 0 Å². The topological polar surface area (TPSA) is 113 Å². The van der Waals surface area contributed by atoms with Gasteiger partial charge in [0.15, 0.2) is 0 Å². The zero-order valence-corrected chi connectivity index (χ0v) is 19.9. The Balaban J connectivity index is 1.55.